The van der Waals surface area contributed by atoms with Crippen LogP contribution in [0, 0.1) is 0 Å². The molecule has 0 aromatic heterocycles. The van der Waals surface area contributed by atoms with E-state index in [1.54, 1.807) is 0 Å². The molecule has 0 atom stereocenters. The molecule has 0 radical (unpaired) electrons. The SMILES string of the molecule is BCCNC(=O)OCCN(CCOC(=O)NCCB)C(=O)OCI. The summed E-state index contributed by atoms with van der Waals surface area (Å²) >= 11 is 1.90. The number of rotatable bonds is 11. The second-order valence-corrected chi connectivity index (χ2v) is 5.25. The standard InChI is InChI=1S/C12H24B2IN3O6/c13-1-3-16-10(19)22-7-5-18(12(21)24-9-15)6-8-23-11(20)17-4-2-14/h1-9,13-14H2,(H,16,19)(H,17,20). The second kappa shape index (κ2) is 15.2. The Balaban J connectivity index is 4.16. The van der Waals surface area contributed by atoms with Gasteiger partial charge in [0.2, 0.25) is 0 Å². The van der Waals surface area contributed by atoms with E-state index in [1.165, 1.54) is 4.90 Å². The van der Waals surface area contributed by atoms with Gasteiger partial charge in [0.25, 0.3) is 0 Å². The summed E-state index contributed by atoms with van der Waals surface area (Å²) < 4.78 is 15.0. The minimum atomic E-state index is -0.556. The van der Waals surface area contributed by atoms with Crippen LogP contribution in [-0.2, 0) is 14.2 Å². The van der Waals surface area contributed by atoms with Gasteiger partial charge in [-0.2, -0.15) is 0 Å². The van der Waals surface area contributed by atoms with Crippen molar-refractivity contribution in [1.82, 2.24) is 15.5 Å². The highest BCUT2D eigenvalue weighted by molar-refractivity contribution is 14.1. The van der Waals surface area contributed by atoms with Crippen LogP contribution in [0.3, 0.4) is 0 Å². The zero-order chi connectivity index (χ0) is 18.2. The van der Waals surface area contributed by atoms with Gasteiger partial charge in [0.1, 0.15) is 33.5 Å². The number of carbonyl (C=O) groups excluding carboxylic acids is 3. The largest absolute Gasteiger partial charge is 0.448 e. The molecular formula is C12H24B2IN3O6. The van der Waals surface area contributed by atoms with Crippen LogP contribution in [0.15, 0.2) is 0 Å². The fraction of sp³-hybridized carbons (Fsp3) is 0.750. The predicted molar refractivity (Wildman–Crippen MR) is 102 cm³/mol. The normalized spacial score (nSPS) is 9.71. The molecule has 24 heavy (non-hydrogen) atoms. The second-order valence-electron chi connectivity index (χ2n) is 4.63. The Morgan fingerprint density at radius 3 is 1.71 bits per heavy atom. The zero-order valence-electron chi connectivity index (χ0n) is 14.1. The number of amides is 3. The minimum Gasteiger partial charge on any atom is -0.448 e. The summed E-state index contributed by atoms with van der Waals surface area (Å²) in [4.78, 5) is 35.8. The third-order valence-electron chi connectivity index (χ3n) is 2.66. The lowest BCUT2D eigenvalue weighted by Gasteiger charge is -2.21. The van der Waals surface area contributed by atoms with Gasteiger partial charge >= 0.3 is 18.3 Å². The average molecular weight is 455 g/mol. The average Bonchev–Trinajstić information content (AvgIpc) is 2.56. The topological polar surface area (TPSA) is 106 Å². The van der Waals surface area contributed by atoms with Crippen molar-refractivity contribution in [3.05, 3.63) is 0 Å². The number of alkyl halides is 1. The Morgan fingerprint density at radius 2 is 1.33 bits per heavy atom. The molecule has 0 spiro atoms. The quantitative estimate of drug-likeness (QED) is 0.186. The van der Waals surface area contributed by atoms with Crippen LogP contribution in [-0.4, -0.2) is 82.9 Å². The first-order valence-electron chi connectivity index (χ1n) is 7.84. The van der Waals surface area contributed by atoms with E-state index in [-0.39, 0.29) is 30.9 Å². The van der Waals surface area contributed by atoms with Crippen molar-refractivity contribution in [1.29, 1.82) is 0 Å². The van der Waals surface area contributed by atoms with E-state index in [4.69, 9.17) is 14.2 Å². The van der Waals surface area contributed by atoms with E-state index in [0.717, 1.165) is 12.6 Å². The molecule has 0 unspecified atom stereocenters. The van der Waals surface area contributed by atoms with Crippen LogP contribution in [0.5, 0.6) is 0 Å². The van der Waals surface area contributed by atoms with E-state index >= 15 is 0 Å². The first-order chi connectivity index (χ1) is 11.5. The van der Waals surface area contributed by atoms with Gasteiger partial charge < -0.3 is 29.7 Å². The molecule has 0 aliphatic carbocycles. The number of alkyl carbamates (subject to hydrolysis) is 2. The summed E-state index contributed by atoms with van der Waals surface area (Å²) in [6.07, 6.45) is -0.00980. The van der Waals surface area contributed by atoms with E-state index in [0.29, 0.717) is 13.1 Å². The molecule has 0 aromatic rings. The molecule has 0 heterocycles. The lowest BCUT2D eigenvalue weighted by molar-refractivity contribution is 0.0848. The Morgan fingerprint density at radius 1 is 0.875 bits per heavy atom. The first-order valence-corrected chi connectivity index (χ1v) is 9.36. The Bertz CT molecular complexity index is 366. The van der Waals surface area contributed by atoms with Crippen LogP contribution in [0.4, 0.5) is 14.4 Å². The third-order valence-corrected chi connectivity index (χ3v) is 2.98. The lowest BCUT2D eigenvalue weighted by atomic mass is 10.1. The monoisotopic (exact) mass is 455 g/mol. The highest BCUT2D eigenvalue weighted by atomic mass is 127. The van der Waals surface area contributed by atoms with Crippen molar-refractivity contribution in [3.8, 4) is 0 Å². The van der Waals surface area contributed by atoms with Crippen molar-refractivity contribution in [3.63, 3.8) is 0 Å². The Labute approximate surface area is 157 Å². The first kappa shape index (κ1) is 22.7. The van der Waals surface area contributed by atoms with Gasteiger partial charge in [-0.05, 0) is 22.6 Å². The summed E-state index contributed by atoms with van der Waals surface area (Å²) in [5.74, 6) is 0. The number of carbonyl (C=O) groups is 3. The summed E-state index contributed by atoms with van der Waals surface area (Å²) in [7, 11) is 3.86. The molecule has 136 valence electrons. The molecule has 0 saturated carbocycles. The summed E-state index contributed by atoms with van der Waals surface area (Å²) in [5.41, 5.74) is 0. The molecule has 2 N–H and O–H groups in total. The number of hydrogen-bond donors (Lipinski definition) is 2. The van der Waals surface area contributed by atoms with E-state index in [1.807, 2.05) is 38.3 Å². The van der Waals surface area contributed by atoms with Crippen molar-refractivity contribution < 1.29 is 28.6 Å². The molecule has 0 aliphatic rings. The molecule has 9 nitrogen and oxygen atoms in total. The number of hydrogen-bond acceptors (Lipinski definition) is 6. The Kier molecular flexibility index (Phi) is 14.4. The third kappa shape index (κ3) is 12.1. The summed E-state index contributed by atoms with van der Waals surface area (Å²) in [5, 5.41) is 5.13. The number of nitrogens with zero attached hydrogens (tertiary/aromatic N) is 1. The van der Waals surface area contributed by atoms with E-state index in [2.05, 4.69) is 10.6 Å². The highest BCUT2D eigenvalue weighted by Gasteiger charge is 2.16. The van der Waals surface area contributed by atoms with Crippen molar-refractivity contribution in [2.24, 2.45) is 0 Å². The van der Waals surface area contributed by atoms with Gasteiger partial charge in [-0.3, -0.25) is 0 Å². The number of ether oxygens (including phenoxy) is 3. The fourth-order valence-electron chi connectivity index (χ4n) is 1.49. The maximum absolute atomic E-state index is 11.8. The molecule has 0 aromatic carbocycles. The van der Waals surface area contributed by atoms with Gasteiger partial charge in [0.15, 0.2) is 0 Å². The van der Waals surface area contributed by atoms with Crippen LogP contribution in [0.2, 0.25) is 12.6 Å². The smallest absolute Gasteiger partial charge is 0.410 e. The molecule has 0 aliphatic heterocycles. The summed E-state index contributed by atoms with van der Waals surface area (Å²) in [6, 6.07) is 0. The van der Waals surface area contributed by atoms with Gasteiger partial charge in [0.05, 0.1) is 13.1 Å². The molecule has 3 amide bonds. The molecule has 0 saturated heterocycles. The number of nitrogens with one attached hydrogen (secondary N) is 2. The van der Waals surface area contributed by atoms with Gasteiger partial charge in [0, 0.05) is 13.1 Å². The van der Waals surface area contributed by atoms with Gasteiger partial charge in [-0.1, -0.05) is 12.6 Å². The maximum atomic E-state index is 11.8. The zero-order valence-corrected chi connectivity index (χ0v) is 16.3. The van der Waals surface area contributed by atoms with Crippen LogP contribution in [0.1, 0.15) is 0 Å². The van der Waals surface area contributed by atoms with Crippen molar-refractivity contribution >= 4 is 56.6 Å². The number of halogens is 1. The minimum absolute atomic E-state index is 0.0218. The molecule has 0 fully saturated rings. The van der Waals surface area contributed by atoms with E-state index < -0.39 is 18.3 Å². The van der Waals surface area contributed by atoms with E-state index in [9.17, 15) is 14.4 Å². The van der Waals surface area contributed by atoms with Crippen LogP contribution < -0.4 is 10.6 Å². The van der Waals surface area contributed by atoms with Crippen LogP contribution >= 0.6 is 22.6 Å². The van der Waals surface area contributed by atoms with Crippen LogP contribution in [0.25, 0.3) is 0 Å². The lowest BCUT2D eigenvalue weighted by Crippen LogP contribution is -2.39. The Hall–Kier alpha value is -1.33. The predicted octanol–water partition coefficient (Wildman–Crippen LogP) is -0.627. The highest BCUT2D eigenvalue weighted by Crippen LogP contribution is 1.98. The van der Waals surface area contributed by atoms with Crippen molar-refractivity contribution in [2.45, 2.75) is 12.6 Å². The summed E-state index contributed by atoms with van der Waals surface area (Å²) in [6.45, 7) is 1.39. The molecule has 12 heteroatoms. The van der Waals surface area contributed by atoms with Gasteiger partial charge in [-0.25, -0.2) is 14.4 Å². The van der Waals surface area contributed by atoms with Gasteiger partial charge in [-0.15, -0.1) is 0 Å². The van der Waals surface area contributed by atoms with Crippen molar-refractivity contribution in [2.75, 3.05) is 44.0 Å². The molecular weight excluding hydrogens is 431 g/mol. The molecule has 0 bridgehead atoms. The maximum Gasteiger partial charge on any atom is 0.410 e. The fourth-order valence-corrected chi connectivity index (χ4v) is 1.75. The molecule has 0 rings (SSSR count).